The van der Waals surface area contributed by atoms with Gasteiger partial charge in [-0.25, -0.2) is 4.79 Å². The number of esters is 2. The first kappa shape index (κ1) is 18.7. The summed E-state index contributed by atoms with van der Waals surface area (Å²) in [5.41, 5.74) is 3.20. The van der Waals surface area contributed by atoms with E-state index in [0.29, 0.717) is 18.5 Å². The van der Waals surface area contributed by atoms with Crippen LogP contribution in [0.5, 0.6) is 0 Å². The van der Waals surface area contributed by atoms with E-state index >= 15 is 0 Å². The molecule has 1 aromatic heterocycles. The number of para-hydroxylation sites is 1. The fraction of sp³-hybridized carbons (Fsp3) is 0.273. The number of aromatic amines is 1. The maximum atomic E-state index is 12.4. The number of hydrogen-bond donors (Lipinski definition) is 1. The highest BCUT2D eigenvalue weighted by molar-refractivity contribution is 5.98. The van der Waals surface area contributed by atoms with E-state index in [1.807, 2.05) is 54.6 Å². The van der Waals surface area contributed by atoms with Crippen LogP contribution >= 0.6 is 0 Å². The van der Waals surface area contributed by atoms with Gasteiger partial charge in [0.15, 0.2) is 0 Å². The van der Waals surface area contributed by atoms with Crippen LogP contribution in [0.4, 0.5) is 0 Å². The molecule has 1 atom stereocenters. The van der Waals surface area contributed by atoms with Gasteiger partial charge in [-0.1, -0.05) is 48.5 Å². The number of fused-ring (bicyclic) bond motifs is 1. The van der Waals surface area contributed by atoms with E-state index in [2.05, 4.69) is 4.98 Å². The molecule has 2 aromatic carbocycles. The number of aryl methyl sites for hydroxylation is 1. The molecule has 3 aromatic rings. The van der Waals surface area contributed by atoms with Crippen LogP contribution in [0, 0.1) is 5.92 Å². The Morgan fingerprint density at radius 3 is 2.37 bits per heavy atom. The third-order valence-corrected chi connectivity index (χ3v) is 4.81. The van der Waals surface area contributed by atoms with E-state index in [1.54, 1.807) is 0 Å². The van der Waals surface area contributed by atoms with Crippen LogP contribution in [0.1, 0.15) is 28.0 Å². The van der Waals surface area contributed by atoms with Crippen LogP contribution in [0.25, 0.3) is 10.9 Å². The van der Waals surface area contributed by atoms with Crippen molar-refractivity contribution in [3.8, 4) is 0 Å². The molecule has 140 valence electrons. The largest absolute Gasteiger partial charge is 0.469 e. The van der Waals surface area contributed by atoms with Gasteiger partial charge in [0.05, 0.1) is 20.1 Å². The Kier molecular flexibility index (Phi) is 5.91. The topological polar surface area (TPSA) is 68.4 Å². The second kappa shape index (κ2) is 8.54. The fourth-order valence-electron chi connectivity index (χ4n) is 3.39. The predicted molar refractivity (Wildman–Crippen MR) is 104 cm³/mol. The second-order valence-corrected chi connectivity index (χ2v) is 6.46. The maximum Gasteiger partial charge on any atom is 0.354 e. The van der Waals surface area contributed by atoms with Gasteiger partial charge in [-0.05, 0) is 36.5 Å². The van der Waals surface area contributed by atoms with Gasteiger partial charge in [0.1, 0.15) is 5.69 Å². The Morgan fingerprint density at radius 1 is 0.963 bits per heavy atom. The first-order valence-electron chi connectivity index (χ1n) is 8.93. The van der Waals surface area contributed by atoms with Crippen molar-refractivity contribution in [1.82, 2.24) is 4.98 Å². The average Bonchev–Trinajstić information content (AvgIpc) is 3.09. The molecule has 0 aliphatic rings. The van der Waals surface area contributed by atoms with Crippen LogP contribution in [0.2, 0.25) is 0 Å². The van der Waals surface area contributed by atoms with Crippen molar-refractivity contribution in [2.75, 3.05) is 14.2 Å². The van der Waals surface area contributed by atoms with Crippen LogP contribution in [0.3, 0.4) is 0 Å². The lowest BCUT2D eigenvalue weighted by Crippen LogP contribution is -2.21. The summed E-state index contributed by atoms with van der Waals surface area (Å²) in [5, 5.41) is 0.923. The molecule has 1 heterocycles. The zero-order valence-corrected chi connectivity index (χ0v) is 15.5. The fourth-order valence-corrected chi connectivity index (χ4v) is 3.39. The minimum absolute atomic E-state index is 0.271. The van der Waals surface area contributed by atoms with E-state index in [9.17, 15) is 9.59 Å². The smallest absolute Gasteiger partial charge is 0.354 e. The standard InChI is InChI=1S/C22H23NO4/c1-26-21(24)16(13-12-15-8-4-3-5-9-15)14-18-17-10-6-7-11-19(17)23-20(18)22(25)27-2/h3-11,16,23H,12-14H2,1-2H3. The number of rotatable bonds is 7. The first-order chi connectivity index (χ1) is 13.1. The monoisotopic (exact) mass is 365 g/mol. The Balaban J connectivity index is 1.91. The molecule has 0 aliphatic heterocycles. The molecule has 1 N–H and O–H groups in total. The Labute approximate surface area is 158 Å². The Hall–Kier alpha value is -3.08. The van der Waals surface area contributed by atoms with Crippen molar-refractivity contribution in [2.45, 2.75) is 19.3 Å². The van der Waals surface area contributed by atoms with Crippen molar-refractivity contribution >= 4 is 22.8 Å². The van der Waals surface area contributed by atoms with Gasteiger partial charge < -0.3 is 14.5 Å². The summed E-state index contributed by atoms with van der Waals surface area (Å²) < 4.78 is 9.94. The Morgan fingerprint density at radius 2 is 1.67 bits per heavy atom. The number of carbonyl (C=O) groups excluding carboxylic acids is 2. The first-order valence-corrected chi connectivity index (χ1v) is 8.93. The molecule has 0 amide bonds. The highest BCUT2D eigenvalue weighted by Crippen LogP contribution is 2.27. The highest BCUT2D eigenvalue weighted by Gasteiger charge is 2.25. The van der Waals surface area contributed by atoms with E-state index in [0.717, 1.165) is 22.9 Å². The van der Waals surface area contributed by atoms with Gasteiger partial charge in [-0.2, -0.15) is 0 Å². The van der Waals surface area contributed by atoms with Crippen molar-refractivity contribution in [3.63, 3.8) is 0 Å². The van der Waals surface area contributed by atoms with Gasteiger partial charge in [-0.3, -0.25) is 4.79 Å². The molecular formula is C22H23NO4. The number of H-pyrrole nitrogens is 1. The zero-order chi connectivity index (χ0) is 19.2. The van der Waals surface area contributed by atoms with Crippen molar-refractivity contribution in [1.29, 1.82) is 0 Å². The third kappa shape index (κ3) is 4.19. The minimum Gasteiger partial charge on any atom is -0.469 e. The molecule has 0 spiro atoms. The molecule has 0 aliphatic carbocycles. The van der Waals surface area contributed by atoms with Gasteiger partial charge in [0, 0.05) is 10.9 Å². The molecule has 3 rings (SSSR count). The molecule has 0 radical (unpaired) electrons. The van der Waals surface area contributed by atoms with Gasteiger partial charge >= 0.3 is 11.9 Å². The lowest BCUT2D eigenvalue weighted by molar-refractivity contribution is -0.145. The Bertz CT molecular complexity index is 930. The SMILES string of the molecule is COC(=O)c1[nH]c2ccccc2c1CC(CCc1ccccc1)C(=O)OC. The molecule has 0 saturated carbocycles. The van der Waals surface area contributed by atoms with Gasteiger partial charge in [0.25, 0.3) is 0 Å². The van der Waals surface area contributed by atoms with Crippen molar-refractivity contribution in [3.05, 3.63) is 71.4 Å². The molecule has 27 heavy (non-hydrogen) atoms. The quantitative estimate of drug-likeness (QED) is 0.645. The predicted octanol–water partition coefficient (Wildman–Crippen LogP) is 3.92. The lowest BCUT2D eigenvalue weighted by Gasteiger charge is -2.15. The van der Waals surface area contributed by atoms with Crippen molar-refractivity contribution in [2.24, 2.45) is 5.92 Å². The lowest BCUT2D eigenvalue weighted by atomic mass is 9.91. The maximum absolute atomic E-state index is 12.4. The molecule has 0 saturated heterocycles. The molecular weight excluding hydrogens is 342 g/mol. The second-order valence-electron chi connectivity index (χ2n) is 6.46. The van der Waals surface area contributed by atoms with E-state index < -0.39 is 5.97 Å². The van der Waals surface area contributed by atoms with E-state index in [4.69, 9.17) is 9.47 Å². The summed E-state index contributed by atoms with van der Waals surface area (Å²) in [6.45, 7) is 0. The number of ether oxygens (including phenoxy) is 2. The highest BCUT2D eigenvalue weighted by atomic mass is 16.5. The third-order valence-electron chi connectivity index (χ3n) is 4.81. The summed E-state index contributed by atoms with van der Waals surface area (Å²) in [6, 6.07) is 17.7. The summed E-state index contributed by atoms with van der Waals surface area (Å²) >= 11 is 0. The summed E-state index contributed by atoms with van der Waals surface area (Å²) in [6.07, 6.45) is 1.81. The molecule has 0 bridgehead atoms. The normalized spacial score (nSPS) is 11.9. The molecule has 1 unspecified atom stereocenters. The summed E-state index contributed by atoms with van der Waals surface area (Å²) in [4.78, 5) is 27.8. The van der Waals surface area contributed by atoms with Gasteiger partial charge in [0.2, 0.25) is 0 Å². The van der Waals surface area contributed by atoms with Crippen LogP contribution in [-0.2, 0) is 27.1 Å². The number of benzene rings is 2. The zero-order valence-electron chi connectivity index (χ0n) is 15.5. The number of hydrogen-bond acceptors (Lipinski definition) is 4. The number of aromatic nitrogens is 1. The van der Waals surface area contributed by atoms with Crippen LogP contribution in [-0.4, -0.2) is 31.1 Å². The molecule has 5 nitrogen and oxygen atoms in total. The van der Waals surface area contributed by atoms with Crippen LogP contribution < -0.4 is 0 Å². The van der Waals surface area contributed by atoms with Crippen LogP contribution in [0.15, 0.2) is 54.6 Å². The minimum atomic E-state index is -0.437. The summed E-state index contributed by atoms with van der Waals surface area (Å²) in [7, 11) is 2.75. The average molecular weight is 365 g/mol. The van der Waals surface area contributed by atoms with Crippen molar-refractivity contribution < 1.29 is 19.1 Å². The summed E-state index contributed by atoms with van der Waals surface area (Å²) in [5.74, 6) is -1.06. The van der Waals surface area contributed by atoms with E-state index in [-0.39, 0.29) is 11.9 Å². The molecule has 0 fully saturated rings. The van der Waals surface area contributed by atoms with Gasteiger partial charge in [-0.15, -0.1) is 0 Å². The number of carbonyl (C=O) groups is 2. The number of methoxy groups -OCH3 is 2. The van der Waals surface area contributed by atoms with E-state index in [1.165, 1.54) is 19.8 Å². The number of nitrogens with one attached hydrogen (secondary N) is 1. The molecule has 5 heteroatoms.